The number of allylic oxidation sites excluding steroid dienone is 2. The van der Waals surface area contributed by atoms with Crippen LogP contribution in [-0.2, 0) is 28.6 Å². The molecule has 0 aromatic carbocycles. The summed E-state index contributed by atoms with van der Waals surface area (Å²) in [4.78, 5) is 35.4. The van der Waals surface area contributed by atoms with E-state index in [0.717, 1.165) is 30.5 Å². The largest absolute Gasteiger partial charge is 0.490 e. The van der Waals surface area contributed by atoms with Crippen LogP contribution in [0.15, 0.2) is 23.5 Å². The van der Waals surface area contributed by atoms with E-state index in [9.17, 15) is 14.4 Å². The second kappa shape index (κ2) is 9.17. The lowest BCUT2D eigenvalue weighted by Crippen LogP contribution is -2.51. The third-order valence-electron chi connectivity index (χ3n) is 7.86. The minimum atomic E-state index is -0.420. The van der Waals surface area contributed by atoms with Gasteiger partial charge < -0.3 is 14.2 Å². The summed E-state index contributed by atoms with van der Waals surface area (Å²) in [5, 5.41) is 0. The summed E-state index contributed by atoms with van der Waals surface area (Å²) >= 11 is 0. The van der Waals surface area contributed by atoms with E-state index >= 15 is 0 Å². The van der Waals surface area contributed by atoms with Crippen LogP contribution in [0.4, 0.5) is 0 Å². The van der Waals surface area contributed by atoms with Crippen molar-refractivity contribution in [3.05, 3.63) is 23.5 Å². The van der Waals surface area contributed by atoms with Gasteiger partial charge in [0.1, 0.15) is 24.3 Å². The third-order valence-corrected chi connectivity index (χ3v) is 7.86. The number of methoxy groups -OCH3 is 1. The molecule has 6 nitrogen and oxygen atoms in total. The Bertz CT molecular complexity index is 783. The van der Waals surface area contributed by atoms with Crippen LogP contribution in [0, 0.1) is 35.0 Å². The van der Waals surface area contributed by atoms with E-state index in [1.165, 1.54) is 7.11 Å². The molecule has 1 saturated heterocycles. The molecule has 2 bridgehead atoms. The van der Waals surface area contributed by atoms with Gasteiger partial charge in [-0.1, -0.05) is 41.0 Å². The molecule has 0 radical (unpaired) electrons. The Labute approximate surface area is 185 Å². The summed E-state index contributed by atoms with van der Waals surface area (Å²) in [6.45, 7) is 11.0. The summed E-state index contributed by atoms with van der Waals surface area (Å²) < 4.78 is 16.9. The van der Waals surface area contributed by atoms with Crippen molar-refractivity contribution in [2.45, 2.75) is 72.5 Å². The zero-order valence-corrected chi connectivity index (χ0v) is 19.6. The molecule has 1 aliphatic heterocycles. The maximum absolute atomic E-state index is 12.5. The molecule has 0 amide bonds. The zero-order valence-electron chi connectivity index (χ0n) is 19.6. The number of fused-ring (bicyclic) bond motifs is 4. The van der Waals surface area contributed by atoms with Crippen LogP contribution in [0.25, 0.3) is 0 Å². The van der Waals surface area contributed by atoms with Gasteiger partial charge in [-0.2, -0.15) is 0 Å². The lowest BCUT2D eigenvalue weighted by atomic mass is 9.51. The summed E-state index contributed by atoms with van der Waals surface area (Å²) in [5.74, 6) is 1.31. The molecule has 2 aliphatic carbocycles. The van der Waals surface area contributed by atoms with Gasteiger partial charge >= 0.3 is 11.9 Å². The molecule has 0 spiro atoms. The normalized spacial score (nSPS) is 38.5. The van der Waals surface area contributed by atoms with Crippen molar-refractivity contribution < 1.29 is 28.6 Å². The molecule has 0 aromatic heterocycles. The molecule has 3 aliphatic rings. The Morgan fingerprint density at radius 3 is 2.55 bits per heavy atom. The van der Waals surface area contributed by atoms with E-state index in [1.54, 1.807) is 6.08 Å². The summed E-state index contributed by atoms with van der Waals surface area (Å²) in [6.07, 6.45) is 6.05. The summed E-state index contributed by atoms with van der Waals surface area (Å²) in [5.41, 5.74) is 0.792. The number of carbonyl (C=O) groups excluding carboxylic acids is 3. The van der Waals surface area contributed by atoms with Crippen molar-refractivity contribution in [1.82, 2.24) is 0 Å². The Balaban J connectivity index is 1.96. The highest BCUT2D eigenvalue weighted by Gasteiger charge is 2.63. The minimum absolute atomic E-state index is 0.00633. The molecule has 0 aromatic rings. The molecule has 1 unspecified atom stereocenters. The smallest absolute Gasteiger partial charge is 0.306 e. The molecule has 8 atom stereocenters. The lowest BCUT2D eigenvalue weighted by molar-refractivity contribution is -0.155. The Hall–Kier alpha value is -2.11. The quantitative estimate of drug-likeness (QED) is 0.259. The molecule has 0 N–H and O–H groups in total. The highest BCUT2D eigenvalue weighted by molar-refractivity contribution is 5.77. The monoisotopic (exact) mass is 432 g/mol. The summed E-state index contributed by atoms with van der Waals surface area (Å²) in [6, 6.07) is 0. The van der Waals surface area contributed by atoms with Crippen LogP contribution in [0.2, 0.25) is 0 Å². The van der Waals surface area contributed by atoms with Crippen LogP contribution >= 0.6 is 0 Å². The lowest BCUT2D eigenvalue weighted by Gasteiger charge is -2.52. The van der Waals surface area contributed by atoms with Crippen LogP contribution in [0.5, 0.6) is 0 Å². The SMILES string of the molecule is CCC(C)[C@H]1[C@@H]2C=C3[C@H]([C@H](C)C[C@H](C)[C@H]3OC(=O)CCC(=O)OC)[C@]1(C)/C(=C/C=O)O2. The predicted molar refractivity (Wildman–Crippen MR) is 116 cm³/mol. The fourth-order valence-corrected chi connectivity index (χ4v) is 6.50. The number of aldehydes is 1. The van der Waals surface area contributed by atoms with Gasteiger partial charge in [0.15, 0.2) is 0 Å². The second-order valence-electron chi connectivity index (χ2n) is 9.76. The fourth-order valence-electron chi connectivity index (χ4n) is 6.50. The highest BCUT2D eigenvalue weighted by Crippen LogP contribution is 2.64. The van der Waals surface area contributed by atoms with Gasteiger partial charge in [-0.15, -0.1) is 0 Å². The van der Waals surface area contributed by atoms with Crippen molar-refractivity contribution >= 4 is 18.2 Å². The number of hydrogen-bond donors (Lipinski definition) is 0. The molecule has 2 fully saturated rings. The summed E-state index contributed by atoms with van der Waals surface area (Å²) in [7, 11) is 1.31. The molecule has 3 rings (SSSR count). The molecular weight excluding hydrogens is 396 g/mol. The highest BCUT2D eigenvalue weighted by atomic mass is 16.5. The Kier molecular flexibility index (Phi) is 6.97. The third kappa shape index (κ3) is 4.06. The van der Waals surface area contributed by atoms with Gasteiger partial charge in [0.25, 0.3) is 0 Å². The van der Waals surface area contributed by atoms with E-state index in [1.807, 2.05) is 0 Å². The molecule has 6 heteroatoms. The first-order valence-electron chi connectivity index (χ1n) is 11.5. The fraction of sp³-hybridized carbons (Fsp3) is 0.720. The van der Waals surface area contributed by atoms with Gasteiger partial charge in [0.2, 0.25) is 0 Å². The molecule has 31 heavy (non-hydrogen) atoms. The van der Waals surface area contributed by atoms with Crippen molar-refractivity contribution in [3.63, 3.8) is 0 Å². The van der Waals surface area contributed by atoms with Gasteiger partial charge in [0, 0.05) is 17.4 Å². The van der Waals surface area contributed by atoms with Crippen LogP contribution in [0.3, 0.4) is 0 Å². The van der Waals surface area contributed by atoms with E-state index in [-0.39, 0.29) is 54.2 Å². The molecular formula is C25H36O6. The van der Waals surface area contributed by atoms with Crippen molar-refractivity contribution in [2.75, 3.05) is 7.11 Å². The maximum atomic E-state index is 12.5. The molecule has 172 valence electrons. The predicted octanol–water partition coefficient (Wildman–Crippen LogP) is 4.23. The standard InChI is InChI=1S/C25H36O6/c1-7-14(2)23-18-13-17-22(25(23,5)19(30-18)10-11-26)15(3)12-16(4)24(17)31-21(28)9-8-20(27)29-6/h10-11,13-16,18,22-24H,7-9,12H2,1-6H3/b19-10-/t14?,15-,16+,18+,22+,23+,24-,25+/m1/s1. The van der Waals surface area contributed by atoms with E-state index in [0.29, 0.717) is 11.8 Å². The Morgan fingerprint density at radius 2 is 1.94 bits per heavy atom. The van der Waals surface area contributed by atoms with Crippen LogP contribution < -0.4 is 0 Å². The van der Waals surface area contributed by atoms with Crippen LogP contribution in [0.1, 0.15) is 60.3 Å². The number of esters is 2. The first-order valence-corrected chi connectivity index (χ1v) is 11.5. The molecule has 1 heterocycles. The zero-order chi connectivity index (χ0) is 22.9. The maximum Gasteiger partial charge on any atom is 0.306 e. The topological polar surface area (TPSA) is 78.9 Å². The molecule has 1 saturated carbocycles. The second-order valence-corrected chi connectivity index (χ2v) is 9.76. The van der Waals surface area contributed by atoms with Gasteiger partial charge in [-0.25, -0.2) is 0 Å². The van der Waals surface area contributed by atoms with Crippen molar-refractivity contribution in [2.24, 2.45) is 35.0 Å². The number of rotatable bonds is 7. The van der Waals surface area contributed by atoms with Crippen molar-refractivity contribution in [1.29, 1.82) is 0 Å². The van der Waals surface area contributed by atoms with Crippen molar-refractivity contribution in [3.8, 4) is 0 Å². The number of ether oxygens (including phenoxy) is 3. The van der Waals surface area contributed by atoms with E-state index < -0.39 is 5.97 Å². The first kappa shape index (κ1) is 23.6. The van der Waals surface area contributed by atoms with Gasteiger partial charge in [-0.05, 0) is 41.7 Å². The Morgan fingerprint density at radius 1 is 1.26 bits per heavy atom. The number of hydrogen-bond acceptors (Lipinski definition) is 6. The van der Waals surface area contributed by atoms with E-state index in [4.69, 9.17) is 9.47 Å². The van der Waals surface area contributed by atoms with E-state index in [2.05, 4.69) is 45.4 Å². The average molecular weight is 433 g/mol. The van der Waals surface area contributed by atoms with Crippen LogP contribution in [-0.4, -0.2) is 37.5 Å². The number of carbonyl (C=O) groups is 3. The van der Waals surface area contributed by atoms with Gasteiger partial charge in [0.05, 0.1) is 20.0 Å². The minimum Gasteiger partial charge on any atom is -0.490 e. The first-order chi connectivity index (χ1) is 14.7. The van der Waals surface area contributed by atoms with Gasteiger partial charge in [-0.3, -0.25) is 14.4 Å². The average Bonchev–Trinajstić information content (AvgIpc) is 2.92.